The van der Waals surface area contributed by atoms with Gasteiger partial charge in [-0.2, -0.15) is 0 Å². The molecule has 0 aliphatic heterocycles. The summed E-state index contributed by atoms with van der Waals surface area (Å²) in [5, 5.41) is 3.29. The highest BCUT2D eigenvalue weighted by Crippen LogP contribution is 2.28. The van der Waals surface area contributed by atoms with Crippen LogP contribution < -0.4 is 5.32 Å². The maximum absolute atomic E-state index is 12.9. The van der Waals surface area contributed by atoms with Crippen LogP contribution in [0, 0.1) is 0 Å². The summed E-state index contributed by atoms with van der Waals surface area (Å²) in [5.41, 5.74) is 3.74. The molecule has 2 amide bonds. The van der Waals surface area contributed by atoms with Crippen LogP contribution >= 0.6 is 11.8 Å². The second-order valence-electron chi connectivity index (χ2n) is 7.30. The first-order valence-electron chi connectivity index (χ1n) is 10.3. The van der Waals surface area contributed by atoms with Crippen molar-refractivity contribution < 1.29 is 9.59 Å². The van der Waals surface area contributed by atoms with E-state index in [1.165, 1.54) is 16.7 Å². The van der Waals surface area contributed by atoms with E-state index in [2.05, 4.69) is 16.9 Å². The van der Waals surface area contributed by atoms with Crippen molar-refractivity contribution >= 4 is 40.3 Å². The lowest BCUT2D eigenvalue weighted by Crippen LogP contribution is -2.39. The molecule has 0 radical (unpaired) electrons. The van der Waals surface area contributed by atoms with Gasteiger partial charge in [-0.15, -0.1) is 6.58 Å². The van der Waals surface area contributed by atoms with E-state index < -0.39 is 0 Å². The lowest BCUT2D eigenvalue weighted by Gasteiger charge is -2.21. The molecule has 0 fully saturated rings. The van der Waals surface area contributed by atoms with Crippen LogP contribution in [0.25, 0.3) is 11.0 Å². The highest BCUT2D eigenvalue weighted by Gasteiger charge is 2.23. The monoisotopic (exact) mass is 436 g/mol. The minimum Gasteiger partial charge on any atom is -0.335 e. The molecule has 1 heterocycles. The second kappa shape index (κ2) is 10.3. The Morgan fingerprint density at radius 1 is 1.23 bits per heavy atom. The van der Waals surface area contributed by atoms with Gasteiger partial charge in [0.1, 0.15) is 0 Å². The van der Waals surface area contributed by atoms with Crippen molar-refractivity contribution in [1.82, 2.24) is 14.5 Å². The predicted molar refractivity (Wildman–Crippen MR) is 127 cm³/mol. The number of allylic oxidation sites excluding steroid dienone is 1. The van der Waals surface area contributed by atoms with Crippen LogP contribution in [0.1, 0.15) is 19.4 Å². The van der Waals surface area contributed by atoms with Crippen molar-refractivity contribution in [2.45, 2.75) is 37.2 Å². The van der Waals surface area contributed by atoms with Crippen molar-refractivity contribution in [3.05, 3.63) is 66.7 Å². The molecule has 0 saturated carbocycles. The number of rotatable bonds is 9. The molecule has 6 nitrogen and oxygen atoms in total. The number of amides is 2. The van der Waals surface area contributed by atoms with E-state index in [1.54, 1.807) is 7.05 Å². The number of carbonyl (C=O) groups excluding carboxylic acids is 2. The van der Waals surface area contributed by atoms with Crippen LogP contribution in [-0.4, -0.2) is 45.1 Å². The number of aryl methyl sites for hydroxylation is 1. The smallest absolute Gasteiger partial charge is 0.243 e. The van der Waals surface area contributed by atoms with Crippen LogP contribution in [0.15, 0.2) is 66.3 Å². The number of benzene rings is 2. The molecule has 2 aromatic carbocycles. The predicted octanol–water partition coefficient (Wildman–Crippen LogP) is 4.36. The summed E-state index contributed by atoms with van der Waals surface area (Å²) >= 11 is 1.39. The van der Waals surface area contributed by atoms with Crippen molar-refractivity contribution in [1.29, 1.82) is 0 Å². The number of nitrogens with one attached hydrogen (secondary N) is 1. The summed E-state index contributed by atoms with van der Waals surface area (Å²) in [5.74, 6) is -0.339. The van der Waals surface area contributed by atoms with Crippen molar-refractivity contribution in [3.63, 3.8) is 0 Å². The molecule has 1 atom stereocenters. The molecule has 162 valence electrons. The Labute approximate surface area is 187 Å². The number of fused-ring (bicyclic) bond motifs is 1. The molecule has 31 heavy (non-hydrogen) atoms. The van der Waals surface area contributed by atoms with Crippen molar-refractivity contribution in [2.75, 3.05) is 18.9 Å². The van der Waals surface area contributed by atoms with Crippen molar-refractivity contribution in [2.24, 2.45) is 0 Å². The van der Waals surface area contributed by atoms with Gasteiger partial charge < -0.3 is 14.8 Å². The fraction of sp³-hybridized carbons (Fsp3) is 0.292. The molecular formula is C24H28N4O2S. The van der Waals surface area contributed by atoms with Gasteiger partial charge in [0.25, 0.3) is 0 Å². The maximum Gasteiger partial charge on any atom is 0.243 e. The Kier molecular flexibility index (Phi) is 7.52. The van der Waals surface area contributed by atoms with E-state index in [1.807, 2.05) is 73.0 Å². The van der Waals surface area contributed by atoms with E-state index in [0.29, 0.717) is 6.54 Å². The van der Waals surface area contributed by atoms with E-state index in [0.717, 1.165) is 33.9 Å². The van der Waals surface area contributed by atoms with E-state index in [-0.39, 0.29) is 23.6 Å². The first-order valence-corrected chi connectivity index (χ1v) is 11.2. The number of para-hydroxylation sites is 3. The molecule has 1 aromatic heterocycles. The molecule has 0 aliphatic carbocycles. The van der Waals surface area contributed by atoms with Gasteiger partial charge in [0, 0.05) is 19.3 Å². The number of nitrogens with zero attached hydrogens (tertiary/aromatic N) is 3. The quantitative estimate of drug-likeness (QED) is 0.400. The number of thioether (sulfide) groups is 1. The summed E-state index contributed by atoms with van der Waals surface area (Å²) < 4.78 is 2.05. The van der Waals surface area contributed by atoms with E-state index >= 15 is 0 Å². The van der Waals surface area contributed by atoms with Crippen LogP contribution in [0.3, 0.4) is 0 Å². The van der Waals surface area contributed by atoms with Gasteiger partial charge >= 0.3 is 0 Å². The van der Waals surface area contributed by atoms with Crippen LogP contribution in [-0.2, 0) is 22.6 Å². The molecule has 0 aliphatic rings. The third-order valence-corrected chi connectivity index (χ3v) is 6.07. The zero-order valence-corrected chi connectivity index (χ0v) is 19.0. The summed E-state index contributed by atoms with van der Waals surface area (Å²) in [4.78, 5) is 31.5. The van der Waals surface area contributed by atoms with Gasteiger partial charge in [0.05, 0.1) is 22.8 Å². The van der Waals surface area contributed by atoms with E-state index in [4.69, 9.17) is 0 Å². The van der Waals surface area contributed by atoms with Gasteiger partial charge in [-0.05, 0) is 37.1 Å². The van der Waals surface area contributed by atoms with Gasteiger partial charge in [0.2, 0.25) is 11.8 Å². The summed E-state index contributed by atoms with van der Waals surface area (Å²) in [7, 11) is 1.65. The summed E-state index contributed by atoms with van der Waals surface area (Å²) in [6.07, 6.45) is 2.64. The molecule has 7 heteroatoms. The highest BCUT2D eigenvalue weighted by molar-refractivity contribution is 8.00. The zero-order chi connectivity index (χ0) is 22.4. The molecule has 0 spiro atoms. The Morgan fingerprint density at radius 2 is 1.94 bits per heavy atom. The molecule has 3 aromatic rings. The molecule has 0 bridgehead atoms. The Morgan fingerprint density at radius 3 is 2.68 bits per heavy atom. The third-order valence-electron chi connectivity index (χ3n) is 4.99. The molecule has 3 rings (SSSR count). The third kappa shape index (κ3) is 5.35. The zero-order valence-electron chi connectivity index (χ0n) is 18.2. The number of carbonyl (C=O) groups is 2. The van der Waals surface area contributed by atoms with Gasteiger partial charge in [-0.25, -0.2) is 4.98 Å². The first kappa shape index (κ1) is 22.6. The number of hydrogen-bond acceptors (Lipinski definition) is 4. The van der Waals surface area contributed by atoms with E-state index in [9.17, 15) is 9.59 Å². The molecule has 1 unspecified atom stereocenters. The highest BCUT2D eigenvalue weighted by atomic mass is 32.2. The number of aromatic nitrogens is 2. The average Bonchev–Trinajstić information content (AvgIpc) is 3.10. The number of anilines is 1. The summed E-state index contributed by atoms with van der Waals surface area (Å²) in [6.45, 7) is 8.31. The van der Waals surface area contributed by atoms with Crippen LogP contribution in [0.2, 0.25) is 0 Å². The number of imidazole rings is 1. The number of hydrogen-bond donors (Lipinski definition) is 1. The number of likely N-dealkylation sites (N-methyl/N-ethyl adjacent to an activating group) is 1. The molecule has 0 saturated heterocycles. The minimum atomic E-state index is -0.388. The summed E-state index contributed by atoms with van der Waals surface area (Å²) in [6, 6.07) is 15.6. The normalized spacial score (nSPS) is 11.8. The lowest BCUT2D eigenvalue weighted by atomic mass is 10.1. The second-order valence-corrected chi connectivity index (χ2v) is 8.60. The molecular weight excluding hydrogens is 408 g/mol. The van der Waals surface area contributed by atoms with Crippen LogP contribution in [0.4, 0.5) is 5.69 Å². The largest absolute Gasteiger partial charge is 0.335 e. The standard InChI is InChI=1S/C24H28N4O2S/c1-5-15-28-21-14-10-9-13-20(21)26-24(28)31-17(3)23(30)27(4)16-22(29)25-19-12-8-7-11-18(19)6-2/h5,7-14,17H,1,6,15-16H2,2-4H3,(H,25,29). The maximum atomic E-state index is 12.9. The topological polar surface area (TPSA) is 67.2 Å². The Hall–Kier alpha value is -3.06. The molecule has 1 N–H and O–H groups in total. The lowest BCUT2D eigenvalue weighted by molar-refractivity contribution is -0.132. The minimum absolute atomic E-state index is 0.00907. The van der Waals surface area contributed by atoms with Crippen molar-refractivity contribution in [3.8, 4) is 0 Å². The van der Waals surface area contributed by atoms with Gasteiger partial charge in [0.15, 0.2) is 5.16 Å². The fourth-order valence-electron chi connectivity index (χ4n) is 3.40. The Balaban J connectivity index is 1.66. The van der Waals surface area contributed by atoms with Gasteiger partial charge in [-0.3, -0.25) is 9.59 Å². The first-order chi connectivity index (χ1) is 14.9. The van der Waals surface area contributed by atoms with Crippen LogP contribution in [0.5, 0.6) is 0 Å². The SMILES string of the molecule is C=CCn1c(SC(C)C(=O)N(C)CC(=O)Nc2ccccc2CC)nc2ccccc21. The average molecular weight is 437 g/mol. The van der Waals surface area contributed by atoms with Gasteiger partial charge in [-0.1, -0.05) is 55.1 Å². The fourth-order valence-corrected chi connectivity index (χ4v) is 4.45. The Bertz CT molecular complexity index is 1090.